The van der Waals surface area contributed by atoms with Gasteiger partial charge < -0.3 is 5.73 Å². The summed E-state index contributed by atoms with van der Waals surface area (Å²) in [6, 6.07) is 4.10. The lowest BCUT2D eigenvalue weighted by Crippen LogP contribution is -2.07. The molecule has 0 spiro atoms. The Morgan fingerprint density at radius 3 is 2.31 bits per heavy atom. The Bertz CT molecular complexity index is 292. The second kappa shape index (κ2) is 3.77. The maximum absolute atomic E-state index is 5.85. The van der Waals surface area contributed by atoms with Gasteiger partial charge in [-0.1, -0.05) is 26.8 Å². The highest BCUT2D eigenvalue weighted by Gasteiger charge is 2.13. The van der Waals surface area contributed by atoms with Crippen LogP contribution < -0.4 is 5.73 Å². The summed E-state index contributed by atoms with van der Waals surface area (Å²) in [6.45, 7) is 8.54. The lowest BCUT2D eigenvalue weighted by atomic mass is 9.90. The molecule has 1 aromatic heterocycles. The Balaban J connectivity index is 3.01. The van der Waals surface area contributed by atoms with Crippen molar-refractivity contribution in [2.45, 2.75) is 33.6 Å². The molecule has 1 aromatic rings. The van der Waals surface area contributed by atoms with Gasteiger partial charge in [0.1, 0.15) is 5.82 Å². The smallest absolute Gasteiger partial charge is 0.127 e. The highest BCUT2D eigenvalue weighted by molar-refractivity contribution is 5.42. The van der Waals surface area contributed by atoms with Crippen molar-refractivity contribution in [3.8, 4) is 0 Å². The third-order valence-corrected chi connectivity index (χ3v) is 2.59. The topological polar surface area (TPSA) is 38.9 Å². The van der Waals surface area contributed by atoms with Gasteiger partial charge in [-0.3, -0.25) is 0 Å². The van der Waals surface area contributed by atoms with E-state index < -0.39 is 0 Å². The number of aryl methyl sites for hydroxylation is 1. The van der Waals surface area contributed by atoms with Crippen molar-refractivity contribution in [2.75, 3.05) is 5.73 Å². The van der Waals surface area contributed by atoms with Crippen LogP contribution in [0, 0.1) is 12.8 Å². The van der Waals surface area contributed by atoms with Gasteiger partial charge in [0.05, 0.1) is 0 Å². The first-order valence-corrected chi connectivity index (χ1v) is 4.75. The molecule has 0 bridgehead atoms. The monoisotopic (exact) mass is 178 g/mol. The van der Waals surface area contributed by atoms with Crippen LogP contribution >= 0.6 is 0 Å². The number of hydrogen-bond acceptors (Lipinski definition) is 2. The molecular formula is C11H18N2. The van der Waals surface area contributed by atoms with Crippen LogP contribution in [0.3, 0.4) is 0 Å². The highest BCUT2D eigenvalue weighted by atomic mass is 14.8. The van der Waals surface area contributed by atoms with Crippen LogP contribution in [0.15, 0.2) is 12.1 Å². The zero-order valence-corrected chi connectivity index (χ0v) is 8.83. The molecular weight excluding hydrogens is 160 g/mol. The summed E-state index contributed by atoms with van der Waals surface area (Å²) in [5.41, 5.74) is 8.00. The summed E-state index contributed by atoms with van der Waals surface area (Å²) in [4.78, 5) is 4.25. The zero-order chi connectivity index (χ0) is 10.0. The van der Waals surface area contributed by atoms with E-state index in [-0.39, 0.29) is 0 Å². The van der Waals surface area contributed by atoms with Gasteiger partial charge in [-0.15, -0.1) is 0 Å². The number of nitrogens with zero attached hydrogens (tertiary/aromatic N) is 1. The summed E-state index contributed by atoms with van der Waals surface area (Å²) in [6.07, 6.45) is 0. The first kappa shape index (κ1) is 10.0. The van der Waals surface area contributed by atoms with Crippen molar-refractivity contribution in [3.05, 3.63) is 23.4 Å². The second-order valence-corrected chi connectivity index (χ2v) is 3.96. The van der Waals surface area contributed by atoms with Crippen LogP contribution in [0.5, 0.6) is 0 Å². The number of rotatable bonds is 2. The molecule has 1 heterocycles. The molecule has 1 atom stereocenters. The number of nitrogens with two attached hydrogens (primary N) is 1. The number of pyridine rings is 1. The zero-order valence-electron chi connectivity index (χ0n) is 8.83. The lowest BCUT2D eigenvalue weighted by molar-refractivity contribution is 0.535. The molecule has 0 aliphatic carbocycles. The summed E-state index contributed by atoms with van der Waals surface area (Å²) < 4.78 is 0. The van der Waals surface area contributed by atoms with Crippen LogP contribution in [0.4, 0.5) is 5.82 Å². The lowest BCUT2D eigenvalue weighted by Gasteiger charge is -2.17. The first-order chi connectivity index (χ1) is 6.02. The maximum Gasteiger partial charge on any atom is 0.127 e. The van der Waals surface area contributed by atoms with E-state index >= 15 is 0 Å². The largest absolute Gasteiger partial charge is 0.383 e. The maximum atomic E-state index is 5.85. The van der Waals surface area contributed by atoms with Crippen LogP contribution in [0.25, 0.3) is 0 Å². The predicted molar refractivity (Wildman–Crippen MR) is 56.6 cm³/mol. The van der Waals surface area contributed by atoms with Crippen molar-refractivity contribution in [1.29, 1.82) is 0 Å². The highest BCUT2D eigenvalue weighted by Crippen LogP contribution is 2.27. The number of hydrogen-bond donors (Lipinski definition) is 1. The Kier molecular flexibility index (Phi) is 2.91. The van der Waals surface area contributed by atoms with Gasteiger partial charge in [0.2, 0.25) is 0 Å². The Labute approximate surface area is 80.2 Å². The average Bonchev–Trinajstić information content (AvgIpc) is 2.03. The fraction of sp³-hybridized carbons (Fsp3) is 0.545. The number of aromatic nitrogens is 1. The molecule has 1 rings (SSSR count). The Morgan fingerprint density at radius 1 is 1.23 bits per heavy atom. The Hall–Kier alpha value is -1.05. The van der Waals surface area contributed by atoms with Crippen LogP contribution in [0.2, 0.25) is 0 Å². The fourth-order valence-corrected chi connectivity index (χ4v) is 1.33. The van der Waals surface area contributed by atoms with Gasteiger partial charge in [0, 0.05) is 5.69 Å². The Morgan fingerprint density at radius 2 is 1.85 bits per heavy atom. The average molecular weight is 178 g/mol. The first-order valence-electron chi connectivity index (χ1n) is 4.75. The molecule has 2 N–H and O–H groups in total. The normalized spacial score (nSPS) is 13.3. The molecule has 0 radical (unpaired) electrons. The van der Waals surface area contributed by atoms with Gasteiger partial charge >= 0.3 is 0 Å². The van der Waals surface area contributed by atoms with Crippen LogP contribution in [0.1, 0.15) is 37.9 Å². The van der Waals surface area contributed by atoms with Gasteiger partial charge in [-0.2, -0.15) is 0 Å². The van der Waals surface area contributed by atoms with Crippen molar-refractivity contribution in [2.24, 2.45) is 5.92 Å². The van der Waals surface area contributed by atoms with Gasteiger partial charge in [-0.25, -0.2) is 4.98 Å². The standard InChI is InChI=1S/C11H18N2/c1-7(2)9(4)10-6-5-8(3)13-11(10)12/h5-7,9H,1-4H3,(H2,12,13). The molecule has 0 aliphatic rings. The summed E-state index contributed by atoms with van der Waals surface area (Å²) in [5.74, 6) is 1.76. The molecule has 1 unspecified atom stereocenters. The van der Waals surface area contributed by atoms with Gasteiger partial charge in [0.25, 0.3) is 0 Å². The second-order valence-electron chi connectivity index (χ2n) is 3.96. The molecule has 0 amide bonds. The molecule has 2 heteroatoms. The van der Waals surface area contributed by atoms with Crippen molar-refractivity contribution >= 4 is 5.82 Å². The SMILES string of the molecule is Cc1ccc(C(C)C(C)C)c(N)n1. The van der Waals surface area contributed by atoms with E-state index in [4.69, 9.17) is 5.73 Å². The summed E-state index contributed by atoms with van der Waals surface area (Å²) in [5, 5.41) is 0. The third-order valence-electron chi connectivity index (χ3n) is 2.59. The fourth-order valence-electron chi connectivity index (χ4n) is 1.33. The molecule has 0 saturated heterocycles. The molecule has 2 nitrogen and oxygen atoms in total. The van der Waals surface area contributed by atoms with E-state index in [0.29, 0.717) is 17.7 Å². The molecule has 0 fully saturated rings. The third kappa shape index (κ3) is 2.20. The van der Waals surface area contributed by atoms with E-state index in [1.165, 1.54) is 5.56 Å². The summed E-state index contributed by atoms with van der Waals surface area (Å²) in [7, 11) is 0. The van der Waals surface area contributed by atoms with Crippen molar-refractivity contribution in [1.82, 2.24) is 4.98 Å². The number of anilines is 1. The minimum absolute atomic E-state index is 0.480. The molecule has 13 heavy (non-hydrogen) atoms. The number of nitrogen functional groups attached to an aromatic ring is 1. The van der Waals surface area contributed by atoms with Crippen molar-refractivity contribution < 1.29 is 0 Å². The van der Waals surface area contributed by atoms with E-state index in [0.717, 1.165) is 5.69 Å². The van der Waals surface area contributed by atoms with Gasteiger partial charge in [0.15, 0.2) is 0 Å². The minimum Gasteiger partial charge on any atom is -0.383 e. The van der Waals surface area contributed by atoms with E-state index in [9.17, 15) is 0 Å². The van der Waals surface area contributed by atoms with Crippen molar-refractivity contribution in [3.63, 3.8) is 0 Å². The van der Waals surface area contributed by atoms with E-state index in [1.807, 2.05) is 13.0 Å². The van der Waals surface area contributed by atoms with Crippen LogP contribution in [-0.4, -0.2) is 4.98 Å². The quantitative estimate of drug-likeness (QED) is 0.756. The molecule has 0 saturated carbocycles. The molecule has 72 valence electrons. The van der Waals surface area contributed by atoms with E-state index in [2.05, 4.69) is 31.8 Å². The predicted octanol–water partition coefficient (Wildman–Crippen LogP) is 2.73. The molecule has 0 aromatic carbocycles. The van der Waals surface area contributed by atoms with Crippen LogP contribution in [-0.2, 0) is 0 Å². The summed E-state index contributed by atoms with van der Waals surface area (Å²) >= 11 is 0. The van der Waals surface area contributed by atoms with E-state index in [1.54, 1.807) is 0 Å². The minimum atomic E-state index is 0.480. The molecule has 0 aliphatic heterocycles. The van der Waals surface area contributed by atoms with Gasteiger partial charge in [-0.05, 0) is 30.4 Å².